The predicted octanol–water partition coefficient (Wildman–Crippen LogP) is 3.05. The number of benzene rings is 2. The first-order chi connectivity index (χ1) is 15.0. The highest BCUT2D eigenvalue weighted by molar-refractivity contribution is 5.94. The number of nitrogens with zero attached hydrogens (tertiary/aromatic N) is 2. The number of amides is 1. The predicted molar refractivity (Wildman–Crippen MR) is 119 cm³/mol. The third kappa shape index (κ3) is 5.93. The van der Waals surface area contributed by atoms with Crippen LogP contribution in [0, 0.1) is 11.6 Å². The number of hydrogen-bond acceptors (Lipinski definition) is 3. The Balaban J connectivity index is 1.54. The van der Waals surface area contributed by atoms with Gasteiger partial charge in [0.2, 0.25) is 0 Å². The van der Waals surface area contributed by atoms with Crippen molar-refractivity contribution in [3.8, 4) is 0 Å². The van der Waals surface area contributed by atoms with Crippen molar-refractivity contribution in [2.24, 2.45) is 4.99 Å². The van der Waals surface area contributed by atoms with Crippen molar-refractivity contribution in [3.05, 3.63) is 65.2 Å². The zero-order valence-corrected chi connectivity index (χ0v) is 17.9. The monoisotopic (exact) mass is 429 g/mol. The Labute approximate surface area is 181 Å². The highest BCUT2D eigenvalue weighted by Gasteiger charge is 2.27. The zero-order chi connectivity index (χ0) is 22.2. The van der Waals surface area contributed by atoms with Crippen molar-refractivity contribution in [2.45, 2.75) is 32.4 Å². The van der Waals surface area contributed by atoms with Crippen molar-refractivity contribution in [3.63, 3.8) is 0 Å². The number of halogens is 2. The van der Waals surface area contributed by atoms with E-state index in [2.05, 4.69) is 20.9 Å². The largest absolute Gasteiger partial charge is 0.365 e. The van der Waals surface area contributed by atoms with Gasteiger partial charge in [0.15, 0.2) is 5.96 Å². The number of rotatable bonds is 7. The van der Waals surface area contributed by atoms with Crippen molar-refractivity contribution >= 4 is 17.6 Å². The summed E-state index contributed by atoms with van der Waals surface area (Å²) in [6, 6.07) is 11.4. The number of guanidine groups is 1. The maximum absolute atomic E-state index is 14.1. The molecule has 1 amide bonds. The van der Waals surface area contributed by atoms with E-state index < -0.39 is 11.6 Å². The van der Waals surface area contributed by atoms with Crippen molar-refractivity contribution in [2.75, 3.05) is 31.6 Å². The van der Waals surface area contributed by atoms with Gasteiger partial charge in [0.05, 0.1) is 0 Å². The maximum atomic E-state index is 14.1. The fourth-order valence-corrected chi connectivity index (χ4v) is 3.61. The summed E-state index contributed by atoms with van der Waals surface area (Å²) in [6.45, 7) is 4.18. The summed E-state index contributed by atoms with van der Waals surface area (Å²) in [7, 11) is 1.67. The van der Waals surface area contributed by atoms with Crippen LogP contribution in [0.15, 0.2) is 47.5 Å². The lowest BCUT2D eigenvalue weighted by Crippen LogP contribution is -2.44. The van der Waals surface area contributed by atoms with Gasteiger partial charge in [0.1, 0.15) is 17.3 Å². The first-order valence-electron chi connectivity index (χ1n) is 10.5. The van der Waals surface area contributed by atoms with E-state index in [1.165, 1.54) is 18.2 Å². The van der Waals surface area contributed by atoms with Crippen LogP contribution in [0.3, 0.4) is 0 Å². The van der Waals surface area contributed by atoms with Gasteiger partial charge >= 0.3 is 0 Å². The number of nitrogens with one attached hydrogen (secondary N) is 3. The normalized spacial score (nSPS) is 16.3. The third-order valence-corrected chi connectivity index (χ3v) is 5.19. The van der Waals surface area contributed by atoms with Crippen LogP contribution in [-0.2, 0) is 6.54 Å². The van der Waals surface area contributed by atoms with E-state index >= 15 is 0 Å². The molecule has 1 atom stereocenters. The lowest BCUT2D eigenvalue weighted by molar-refractivity contribution is 0.0953. The maximum Gasteiger partial charge on any atom is 0.251 e. The second-order valence-electron chi connectivity index (χ2n) is 7.53. The van der Waals surface area contributed by atoms with Gasteiger partial charge in [-0.3, -0.25) is 9.79 Å². The van der Waals surface area contributed by atoms with Gasteiger partial charge in [-0.05, 0) is 42.7 Å². The molecule has 2 aromatic carbocycles. The highest BCUT2D eigenvalue weighted by Crippen LogP contribution is 2.26. The molecule has 1 aliphatic rings. The van der Waals surface area contributed by atoms with Crippen molar-refractivity contribution in [1.29, 1.82) is 0 Å². The molecular weight excluding hydrogens is 400 g/mol. The SMILES string of the molecule is CCCNC(=O)c1cccc(CNC(=NC)NC2CCN(c3c(F)cccc3F)C2)c1. The van der Waals surface area contributed by atoms with E-state index in [-0.39, 0.29) is 17.6 Å². The fourth-order valence-electron chi connectivity index (χ4n) is 3.61. The molecule has 0 spiro atoms. The molecule has 0 saturated carbocycles. The van der Waals surface area contributed by atoms with E-state index in [4.69, 9.17) is 0 Å². The van der Waals surface area contributed by atoms with Crippen LogP contribution >= 0.6 is 0 Å². The second kappa shape index (κ2) is 10.7. The molecule has 0 aliphatic carbocycles. The molecule has 1 fully saturated rings. The Kier molecular flexibility index (Phi) is 7.81. The van der Waals surface area contributed by atoms with Crippen LogP contribution in [0.5, 0.6) is 0 Å². The Morgan fingerprint density at radius 2 is 1.90 bits per heavy atom. The molecule has 0 bridgehead atoms. The van der Waals surface area contributed by atoms with E-state index in [1.54, 1.807) is 18.0 Å². The molecule has 0 radical (unpaired) electrons. The Morgan fingerprint density at radius 1 is 1.16 bits per heavy atom. The molecule has 3 N–H and O–H groups in total. The Hall–Kier alpha value is -3.16. The molecule has 0 aromatic heterocycles. The number of carbonyl (C=O) groups is 1. The van der Waals surface area contributed by atoms with E-state index in [9.17, 15) is 13.6 Å². The van der Waals surface area contributed by atoms with Crippen molar-refractivity contribution in [1.82, 2.24) is 16.0 Å². The second-order valence-corrected chi connectivity index (χ2v) is 7.53. The topological polar surface area (TPSA) is 68.8 Å². The summed E-state index contributed by atoms with van der Waals surface area (Å²) in [4.78, 5) is 18.1. The molecule has 8 heteroatoms. The number of aliphatic imine (C=N–C) groups is 1. The average Bonchev–Trinajstić information content (AvgIpc) is 3.23. The van der Waals surface area contributed by atoms with Gasteiger partial charge in [0.25, 0.3) is 5.91 Å². The lowest BCUT2D eigenvalue weighted by Gasteiger charge is -2.21. The van der Waals surface area contributed by atoms with E-state index in [0.717, 1.165) is 18.4 Å². The summed E-state index contributed by atoms with van der Waals surface area (Å²) in [5, 5.41) is 9.42. The van der Waals surface area contributed by atoms with E-state index in [1.807, 2.05) is 25.1 Å². The summed E-state index contributed by atoms with van der Waals surface area (Å²) in [6.07, 6.45) is 1.62. The minimum atomic E-state index is -0.550. The Morgan fingerprint density at radius 3 is 2.61 bits per heavy atom. The molecule has 31 heavy (non-hydrogen) atoms. The van der Waals surface area contributed by atoms with Gasteiger partial charge in [-0.1, -0.05) is 25.1 Å². The number of para-hydroxylation sites is 1. The first-order valence-corrected chi connectivity index (χ1v) is 10.5. The summed E-state index contributed by atoms with van der Waals surface area (Å²) >= 11 is 0. The molecule has 166 valence electrons. The smallest absolute Gasteiger partial charge is 0.251 e. The quantitative estimate of drug-likeness (QED) is 0.468. The molecular formula is C23H29F2N5O. The van der Waals surface area contributed by atoms with Crippen LogP contribution in [0.25, 0.3) is 0 Å². The van der Waals surface area contributed by atoms with Crippen LogP contribution in [0.1, 0.15) is 35.7 Å². The van der Waals surface area contributed by atoms with Crippen LogP contribution in [-0.4, -0.2) is 44.6 Å². The van der Waals surface area contributed by atoms with Gasteiger partial charge in [0, 0.05) is 44.8 Å². The number of carbonyl (C=O) groups excluding carboxylic acids is 1. The van der Waals surface area contributed by atoms with Gasteiger partial charge < -0.3 is 20.9 Å². The van der Waals surface area contributed by atoms with Crippen LogP contribution in [0.4, 0.5) is 14.5 Å². The van der Waals surface area contributed by atoms with Crippen LogP contribution in [0.2, 0.25) is 0 Å². The fraction of sp³-hybridized carbons (Fsp3) is 0.391. The molecule has 1 heterocycles. The number of hydrogen-bond donors (Lipinski definition) is 3. The summed E-state index contributed by atoms with van der Waals surface area (Å²) < 4.78 is 28.1. The lowest BCUT2D eigenvalue weighted by atomic mass is 10.1. The molecule has 6 nitrogen and oxygen atoms in total. The van der Waals surface area contributed by atoms with Crippen LogP contribution < -0.4 is 20.9 Å². The summed E-state index contributed by atoms with van der Waals surface area (Å²) in [5.41, 5.74) is 1.59. The first kappa shape index (κ1) is 22.5. The molecule has 1 unspecified atom stereocenters. The van der Waals surface area contributed by atoms with Crippen molar-refractivity contribution < 1.29 is 13.6 Å². The average molecular weight is 430 g/mol. The molecule has 2 aromatic rings. The van der Waals surface area contributed by atoms with Gasteiger partial charge in [-0.25, -0.2) is 8.78 Å². The number of anilines is 1. The molecule has 3 rings (SSSR count). The Bertz CT molecular complexity index is 914. The third-order valence-electron chi connectivity index (χ3n) is 5.19. The summed E-state index contributed by atoms with van der Waals surface area (Å²) in [5.74, 6) is -0.587. The minimum Gasteiger partial charge on any atom is -0.365 e. The molecule has 1 saturated heterocycles. The minimum absolute atomic E-state index is 0.0105. The highest BCUT2D eigenvalue weighted by atomic mass is 19.1. The van der Waals surface area contributed by atoms with Gasteiger partial charge in [-0.2, -0.15) is 0 Å². The standard InChI is InChI=1S/C23H29F2N5O/c1-3-11-27-22(31)17-7-4-6-16(13-17)14-28-23(26-2)29-18-10-12-30(15-18)21-19(24)8-5-9-20(21)25/h4-9,13,18H,3,10-12,14-15H2,1-2H3,(H,27,31)(H2,26,28,29). The zero-order valence-electron chi connectivity index (χ0n) is 17.9. The van der Waals surface area contributed by atoms with E-state index in [0.29, 0.717) is 37.7 Å². The van der Waals surface area contributed by atoms with Gasteiger partial charge in [-0.15, -0.1) is 0 Å². The molecule has 1 aliphatic heterocycles.